The number of hydrogen-bond acceptors (Lipinski definition) is 2. The standard InChI is InChI=1S/2ClHO.Li.H/c2*1-2;;/h2*2H;;/q;;+1;-1. The van der Waals surface area contributed by atoms with Crippen molar-refractivity contribution in [3.05, 3.63) is 0 Å². The molecule has 0 aromatic carbocycles. The molecular weight excluding hydrogens is 110 g/mol. The molecule has 2 N–H and O–H groups in total. The van der Waals surface area contributed by atoms with Crippen LogP contribution in [-0.4, -0.2) is 9.32 Å². The predicted octanol–water partition coefficient (Wildman–Crippen LogP) is -2.62. The monoisotopic (exact) mass is 112 g/mol. The Bertz CT molecular complexity index is 11.5. The van der Waals surface area contributed by atoms with E-state index in [0.717, 1.165) is 0 Å². The molecule has 0 radical (unpaired) electrons. The minimum Gasteiger partial charge on any atom is -1.00 e. The molecule has 0 spiro atoms. The maximum Gasteiger partial charge on any atom is 1.00 e. The van der Waals surface area contributed by atoms with Crippen LogP contribution in [0.3, 0.4) is 0 Å². The molecule has 0 bridgehead atoms. The first-order valence-corrected chi connectivity index (χ1v) is 1.01. The Kier molecular flexibility index (Phi) is 235. The van der Waals surface area contributed by atoms with Crippen LogP contribution < -0.4 is 18.9 Å². The molecule has 0 aliphatic heterocycles. The van der Waals surface area contributed by atoms with Gasteiger partial charge in [-0.3, -0.25) is 9.32 Å². The average molecular weight is 113 g/mol. The van der Waals surface area contributed by atoms with E-state index in [2.05, 4.69) is 23.7 Å². The van der Waals surface area contributed by atoms with Crippen molar-refractivity contribution >= 4 is 23.7 Å². The Morgan fingerprint density at radius 2 is 1.00 bits per heavy atom. The van der Waals surface area contributed by atoms with Crippen molar-refractivity contribution in [2.75, 3.05) is 0 Å². The first kappa shape index (κ1) is 16.5. The van der Waals surface area contributed by atoms with Crippen molar-refractivity contribution in [3.8, 4) is 0 Å². The number of halogens is 2. The van der Waals surface area contributed by atoms with Gasteiger partial charge in [0.2, 0.25) is 0 Å². The van der Waals surface area contributed by atoms with Gasteiger partial charge in [-0.05, 0) is 0 Å². The van der Waals surface area contributed by atoms with Gasteiger partial charge >= 0.3 is 18.9 Å². The first-order valence-electron chi connectivity index (χ1n) is 0.338. The summed E-state index contributed by atoms with van der Waals surface area (Å²) in [5, 5.41) is 0. The predicted molar refractivity (Wildman–Crippen MR) is 17.3 cm³/mol. The summed E-state index contributed by atoms with van der Waals surface area (Å²) in [6.07, 6.45) is 0. The zero-order valence-corrected chi connectivity index (χ0v) is 4.16. The fourth-order valence-corrected chi connectivity index (χ4v) is 0. The van der Waals surface area contributed by atoms with Crippen LogP contribution in [0.1, 0.15) is 1.43 Å². The van der Waals surface area contributed by atoms with Crippen molar-refractivity contribution in [2.45, 2.75) is 0 Å². The van der Waals surface area contributed by atoms with Gasteiger partial charge in [0.15, 0.2) is 0 Å². The number of hydrogen-bond donors (Lipinski definition) is 2. The van der Waals surface area contributed by atoms with Crippen LogP contribution in [0.4, 0.5) is 0 Å². The maximum absolute atomic E-state index is 6.47. The van der Waals surface area contributed by atoms with Crippen molar-refractivity contribution in [2.24, 2.45) is 0 Å². The smallest absolute Gasteiger partial charge is 1.00 e. The zero-order chi connectivity index (χ0) is 4.00. The average Bonchev–Trinajstić information content (AvgIpc) is 1.50. The van der Waals surface area contributed by atoms with Gasteiger partial charge in [-0.25, -0.2) is 0 Å². The molecule has 0 heterocycles. The van der Waals surface area contributed by atoms with Crippen LogP contribution in [0.2, 0.25) is 0 Å². The molecule has 0 saturated carbocycles. The van der Waals surface area contributed by atoms with E-state index < -0.39 is 0 Å². The fraction of sp³-hybridized carbons (Fsp3) is 0. The molecule has 0 atom stereocenters. The minimum absolute atomic E-state index is 0. The summed E-state index contributed by atoms with van der Waals surface area (Å²) in [7, 11) is 0. The molecule has 0 saturated heterocycles. The molecule has 30 valence electrons. The molecular formula is H3Cl2LiO2. The molecule has 2 nitrogen and oxygen atoms in total. The molecule has 0 rings (SSSR count). The summed E-state index contributed by atoms with van der Waals surface area (Å²) < 4.78 is 12.9. The van der Waals surface area contributed by atoms with Gasteiger partial charge in [0, 0.05) is 0 Å². The van der Waals surface area contributed by atoms with Crippen molar-refractivity contribution in [3.63, 3.8) is 0 Å². The summed E-state index contributed by atoms with van der Waals surface area (Å²) in [6.45, 7) is 0. The second-order valence-corrected chi connectivity index (χ2v) is 0. The molecule has 0 aliphatic carbocycles. The SMILES string of the molecule is OCl.OCl.[H-].[Li+]. The Morgan fingerprint density at radius 3 is 1.00 bits per heavy atom. The van der Waals surface area contributed by atoms with Gasteiger partial charge in [0.1, 0.15) is 0 Å². The van der Waals surface area contributed by atoms with Gasteiger partial charge in [-0.1, -0.05) is 0 Å². The third-order valence-corrected chi connectivity index (χ3v) is 0. The minimum atomic E-state index is 0. The topological polar surface area (TPSA) is 40.5 Å². The van der Waals surface area contributed by atoms with E-state index in [0.29, 0.717) is 0 Å². The van der Waals surface area contributed by atoms with E-state index in [1.807, 2.05) is 0 Å². The Hall–Kier alpha value is 1.10. The maximum atomic E-state index is 6.47. The van der Waals surface area contributed by atoms with Gasteiger partial charge < -0.3 is 1.43 Å². The molecule has 0 aromatic heterocycles. The Labute approximate surface area is 53.7 Å². The molecule has 5 heavy (non-hydrogen) atoms. The summed E-state index contributed by atoms with van der Waals surface area (Å²) in [6, 6.07) is 0. The largest absolute Gasteiger partial charge is 1.00 e. The second kappa shape index (κ2) is 71.1. The van der Waals surface area contributed by atoms with E-state index in [1.165, 1.54) is 0 Å². The fourth-order valence-electron chi connectivity index (χ4n) is 0. The quantitative estimate of drug-likeness (QED) is 0.337. The number of rotatable bonds is 0. The second-order valence-electron chi connectivity index (χ2n) is 0. The first-order chi connectivity index (χ1) is 2.00. The molecule has 0 amide bonds. The van der Waals surface area contributed by atoms with Gasteiger partial charge in [-0.2, -0.15) is 0 Å². The van der Waals surface area contributed by atoms with Gasteiger partial charge in [0.05, 0.1) is 23.7 Å². The molecule has 0 aliphatic rings. The summed E-state index contributed by atoms with van der Waals surface area (Å²) >= 11 is 7.28. The van der Waals surface area contributed by atoms with E-state index in [9.17, 15) is 0 Å². The van der Waals surface area contributed by atoms with Crippen LogP contribution in [0.5, 0.6) is 0 Å². The molecule has 5 heteroatoms. The van der Waals surface area contributed by atoms with E-state index >= 15 is 0 Å². The molecule has 0 unspecified atom stereocenters. The van der Waals surface area contributed by atoms with E-state index in [1.54, 1.807) is 0 Å². The third-order valence-electron chi connectivity index (χ3n) is 0. The zero-order valence-electron chi connectivity index (χ0n) is 3.65. The van der Waals surface area contributed by atoms with E-state index in [4.69, 9.17) is 9.32 Å². The van der Waals surface area contributed by atoms with Crippen LogP contribution in [0, 0.1) is 0 Å². The van der Waals surface area contributed by atoms with Crippen molar-refractivity contribution in [1.29, 1.82) is 0 Å². The van der Waals surface area contributed by atoms with Gasteiger partial charge in [-0.15, -0.1) is 0 Å². The van der Waals surface area contributed by atoms with Crippen LogP contribution >= 0.6 is 23.7 Å². The van der Waals surface area contributed by atoms with Crippen molar-refractivity contribution < 1.29 is 29.6 Å². The van der Waals surface area contributed by atoms with Crippen LogP contribution in [0.15, 0.2) is 0 Å². The summed E-state index contributed by atoms with van der Waals surface area (Å²) in [5.41, 5.74) is 0. The van der Waals surface area contributed by atoms with E-state index in [-0.39, 0.29) is 20.3 Å². The van der Waals surface area contributed by atoms with Gasteiger partial charge in [0.25, 0.3) is 0 Å². The van der Waals surface area contributed by atoms with Crippen molar-refractivity contribution in [1.82, 2.24) is 0 Å². The summed E-state index contributed by atoms with van der Waals surface area (Å²) in [4.78, 5) is 0. The van der Waals surface area contributed by atoms with Crippen LogP contribution in [0.25, 0.3) is 0 Å². The molecule has 0 fully saturated rings. The Balaban J connectivity index is -0.00000000500. The summed E-state index contributed by atoms with van der Waals surface area (Å²) in [5.74, 6) is 0. The normalized spacial score (nSPS) is 2.40. The third kappa shape index (κ3) is 40.6. The van der Waals surface area contributed by atoms with Crippen LogP contribution in [-0.2, 0) is 0 Å². The Morgan fingerprint density at radius 1 is 1.00 bits per heavy atom. The molecule has 0 aromatic rings.